The molecule has 184 valence electrons. The van der Waals surface area contributed by atoms with E-state index in [1.54, 1.807) is 11.8 Å². The van der Waals surface area contributed by atoms with Crippen molar-refractivity contribution >= 4 is 17.7 Å². The molecular weight excluding hydrogens is 436 g/mol. The summed E-state index contributed by atoms with van der Waals surface area (Å²) < 4.78 is 37.9. The van der Waals surface area contributed by atoms with Gasteiger partial charge in [0, 0.05) is 19.2 Å². The summed E-state index contributed by atoms with van der Waals surface area (Å²) in [5.74, 6) is -3.04. The predicted octanol–water partition coefficient (Wildman–Crippen LogP) is 1.56. The van der Waals surface area contributed by atoms with E-state index in [9.17, 15) is 23.2 Å². The molecule has 0 aliphatic carbocycles. The van der Waals surface area contributed by atoms with Gasteiger partial charge in [0.15, 0.2) is 0 Å². The minimum atomic E-state index is -0.988. The molecule has 1 saturated heterocycles. The molecule has 1 aromatic carbocycles. The summed E-state index contributed by atoms with van der Waals surface area (Å²) >= 11 is 0. The van der Waals surface area contributed by atoms with Gasteiger partial charge in [-0.1, -0.05) is 0 Å². The first-order valence-electron chi connectivity index (χ1n) is 10.9. The molecule has 2 rings (SSSR count). The second kappa shape index (κ2) is 11.5. The average Bonchev–Trinajstić information content (AvgIpc) is 2.69. The molecule has 3 amide bonds. The van der Waals surface area contributed by atoms with Gasteiger partial charge in [-0.25, -0.2) is 8.78 Å². The molecule has 8 nitrogen and oxygen atoms in total. The monoisotopic (exact) mass is 469 g/mol. The molecule has 33 heavy (non-hydrogen) atoms. The molecule has 0 bridgehead atoms. The number of nitrogens with one attached hydrogen (secondary N) is 2. The van der Waals surface area contributed by atoms with Gasteiger partial charge in [-0.2, -0.15) is 0 Å². The zero-order valence-electron chi connectivity index (χ0n) is 19.7. The van der Waals surface area contributed by atoms with E-state index in [0.717, 1.165) is 12.1 Å². The third-order valence-corrected chi connectivity index (χ3v) is 4.95. The van der Waals surface area contributed by atoms with E-state index in [1.165, 1.54) is 6.92 Å². The Morgan fingerprint density at radius 2 is 1.64 bits per heavy atom. The largest absolute Gasteiger partial charge is 0.378 e. The van der Waals surface area contributed by atoms with Gasteiger partial charge in [0.25, 0.3) is 0 Å². The Balaban J connectivity index is 2.04. The van der Waals surface area contributed by atoms with Crippen molar-refractivity contribution in [3.63, 3.8) is 0 Å². The number of benzene rings is 1. The molecule has 0 spiro atoms. The van der Waals surface area contributed by atoms with Crippen molar-refractivity contribution in [3.8, 4) is 0 Å². The van der Waals surface area contributed by atoms with Crippen LogP contribution in [0.1, 0.15) is 40.2 Å². The number of rotatable bonds is 8. The maximum absolute atomic E-state index is 13.3. The fraction of sp³-hybridized carbons (Fsp3) is 0.609. The van der Waals surface area contributed by atoms with Crippen LogP contribution in [0.25, 0.3) is 0 Å². The van der Waals surface area contributed by atoms with Crippen LogP contribution < -0.4 is 10.6 Å². The van der Waals surface area contributed by atoms with Crippen molar-refractivity contribution in [1.29, 1.82) is 0 Å². The van der Waals surface area contributed by atoms with Gasteiger partial charge in [-0.15, -0.1) is 0 Å². The number of halogens is 2. The molecule has 2 N–H and O–H groups in total. The fourth-order valence-electron chi connectivity index (χ4n) is 3.52. The molecule has 0 aromatic heterocycles. The second-order valence-corrected chi connectivity index (χ2v) is 9.10. The molecular formula is C23H33F2N3O5. The summed E-state index contributed by atoms with van der Waals surface area (Å²) in [4.78, 5) is 39.8. The topological polar surface area (TPSA) is 97.0 Å². The normalized spacial score (nSPS) is 17.1. The van der Waals surface area contributed by atoms with Crippen molar-refractivity contribution in [2.45, 2.75) is 64.8 Å². The predicted molar refractivity (Wildman–Crippen MR) is 117 cm³/mol. The summed E-state index contributed by atoms with van der Waals surface area (Å²) in [5.41, 5.74) is -0.404. The van der Waals surface area contributed by atoms with E-state index < -0.39 is 47.2 Å². The molecule has 1 aliphatic rings. The Morgan fingerprint density at radius 1 is 1.06 bits per heavy atom. The molecule has 3 atom stereocenters. The zero-order valence-corrected chi connectivity index (χ0v) is 19.7. The highest BCUT2D eigenvalue weighted by Gasteiger charge is 2.35. The van der Waals surface area contributed by atoms with Gasteiger partial charge in [0.05, 0.1) is 31.3 Å². The SMILES string of the molecule is CC(OC(C)(C)C)[C@H](NC(=O)[C@H](C)NC(=O)Cc1cc(F)cc(F)c1)C(=O)N1CCOCC1. The van der Waals surface area contributed by atoms with E-state index in [4.69, 9.17) is 9.47 Å². The third-order valence-electron chi connectivity index (χ3n) is 4.95. The van der Waals surface area contributed by atoms with Crippen LogP contribution in [0, 0.1) is 11.6 Å². The smallest absolute Gasteiger partial charge is 0.248 e. The number of carbonyl (C=O) groups excluding carboxylic acids is 3. The van der Waals surface area contributed by atoms with Crippen molar-refractivity contribution in [2.75, 3.05) is 26.3 Å². The van der Waals surface area contributed by atoms with Gasteiger partial charge in [0.1, 0.15) is 23.7 Å². The highest BCUT2D eigenvalue weighted by molar-refractivity contribution is 5.92. The Labute approximate surface area is 193 Å². The number of hydrogen-bond donors (Lipinski definition) is 2. The van der Waals surface area contributed by atoms with Crippen molar-refractivity contribution in [1.82, 2.24) is 15.5 Å². The number of ether oxygens (including phenoxy) is 2. The number of carbonyl (C=O) groups is 3. The van der Waals surface area contributed by atoms with Crippen molar-refractivity contribution in [3.05, 3.63) is 35.4 Å². The molecule has 10 heteroatoms. The molecule has 1 aliphatic heterocycles. The lowest BCUT2D eigenvalue weighted by Crippen LogP contribution is -2.59. The molecule has 0 saturated carbocycles. The third kappa shape index (κ3) is 8.70. The summed E-state index contributed by atoms with van der Waals surface area (Å²) in [6.07, 6.45) is -0.936. The van der Waals surface area contributed by atoms with E-state index >= 15 is 0 Å². The Hall–Kier alpha value is -2.59. The van der Waals surface area contributed by atoms with Gasteiger partial charge in [-0.05, 0) is 52.3 Å². The summed E-state index contributed by atoms with van der Waals surface area (Å²) in [7, 11) is 0. The Kier molecular flexibility index (Phi) is 9.30. The first-order valence-corrected chi connectivity index (χ1v) is 10.9. The maximum Gasteiger partial charge on any atom is 0.248 e. The lowest BCUT2D eigenvalue weighted by molar-refractivity contribution is -0.148. The number of hydrogen-bond acceptors (Lipinski definition) is 5. The molecule has 1 heterocycles. The summed E-state index contributed by atoms with van der Waals surface area (Å²) in [6, 6.07) is 0.861. The van der Waals surface area contributed by atoms with Crippen LogP contribution in [0.4, 0.5) is 8.78 Å². The van der Waals surface area contributed by atoms with Crippen LogP contribution in [-0.2, 0) is 30.3 Å². The molecule has 1 unspecified atom stereocenters. The minimum absolute atomic E-state index is 0.144. The first kappa shape index (κ1) is 26.7. The highest BCUT2D eigenvalue weighted by Crippen LogP contribution is 2.15. The number of amides is 3. The molecule has 0 radical (unpaired) electrons. The Morgan fingerprint density at radius 3 is 2.18 bits per heavy atom. The van der Waals surface area contributed by atoms with Crippen LogP contribution in [0.3, 0.4) is 0 Å². The number of nitrogens with zero attached hydrogens (tertiary/aromatic N) is 1. The molecule has 1 aromatic rings. The van der Waals surface area contributed by atoms with Crippen LogP contribution in [0.15, 0.2) is 18.2 Å². The summed E-state index contributed by atoms with van der Waals surface area (Å²) in [5, 5.41) is 5.19. The van der Waals surface area contributed by atoms with E-state index in [0.29, 0.717) is 32.4 Å². The van der Waals surface area contributed by atoms with Crippen LogP contribution in [-0.4, -0.2) is 72.7 Å². The minimum Gasteiger partial charge on any atom is -0.378 e. The highest BCUT2D eigenvalue weighted by atomic mass is 19.1. The van der Waals surface area contributed by atoms with E-state index in [2.05, 4.69) is 10.6 Å². The van der Waals surface area contributed by atoms with E-state index in [-0.39, 0.29) is 17.9 Å². The van der Waals surface area contributed by atoms with Crippen molar-refractivity contribution in [2.24, 2.45) is 0 Å². The average molecular weight is 470 g/mol. The quantitative estimate of drug-likeness (QED) is 0.602. The first-order chi connectivity index (χ1) is 15.4. The number of morpholine rings is 1. The fourth-order valence-corrected chi connectivity index (χ4v) is 3.52. The standard InChI is InChI=1S/C23H33F2N3O5/c1-14(26-19(29)12-16-10-17(24)13-18(25)11-16)21(30)27-20(15(2)33-23(3,4)5)22(31)28-6-8-32-9-7-28/h10-11,13-15,20H,6-9,12H2,1-5H3,(H,26,29)(H,27,30)/t14-,15?,20-/m0/s1. The lowest BCUT2D eigenvalue weighted by Gasteiger charge is -2.35. The van der Waals surface area contributed by atoms with Gasteiger partial charge in [0.2, 0.25) is 17.7 Å². The summed E-state index contributed by atoms with van der Waals surface area (Å²) in [6.45, 7) is 10.3. The van der Waals surface area contributed by atoms with Crippen LogP contribution >= 0.6 is 0 Å². The van der Waals surface area contributed by atoms with Crippen LogP contribution in [0.2, 0.25) is 0 Å². The van der Waals surface area contributed by atoms with E-state index in [1.807, 2.05) is 20.8 Å². The molecule has 1 fully saturated rings. The van der Waals surface area contributed by atoms with Gasteiger partial charge < -0.3 is 25.0 Å². The van der Waals surface area contributed by atoms with Crippen molar-refractivity contribution < 1.29 is 32.6 Å². The lowest BCUT2D eigenvalue weighted by atomic mass is 10.1. The second-order valence-electron chi connectivity index (χ2n) is 9.10. The Bertz CT molecular complexity index is 833. The van der Waals surface area contributed by atoms with Gasteiger partial charge in [-0.3, -0.25) is 14.4 Å². The maximum atomic E-state index is 13.3. The van der Waals surface area contributed by atoms with Crippen LogP contribution in [0.5, 0.6) is 0 Å². The van der Waals surface area contributed by atoms with Gasteiger partial charge >= 0.3 is 0 Å². The zero-order chi connectivity index (χ0) is 24.8.